The maximum Gasteiger partial charge on any atom is 0.150 e. The minimum absolute atomic E-state index is 0.429. The molecule has 2 aliphatic rings. The Kier molecular flexibility index (Phi) is 3.14. The zero-order chi connectivity index (χ0) is 11.7. The monoisotopic (exact) mass is 234 g/mol. The van der Waals surface area contributed by atoms with Crippen LogP contribution in [0.5, 0.6) is 0 Å². The van der Waals surface area contributed by atoms with E-state index < -0.39 is 0 Å². The van der Waals surface area contributed by atoms with E-state index >= 15 is 0 Å². The average molecular weight is 234 g/mol. The molecule has 2 unspecified atom stereocenters. The highest BCUT2D eigenvalue weighted by atomic mass is 15.3. The Labute approximate surface area is 103 Å². The van der Waals surface area contributed by atoms with E-state index in [9.17, 15) is 0 Å². The van der Waals surface area contributed by atoms with Gasteiger partial charge in [0.2, 0.25) is 0 Å². The molecule has 17 heavy (non-hydrogen) atoms. The van der Waals surface area contributed by atoms with E-state index in [1.807, 2.05) is 0 Å². The third-order valence-electron chi connectivity index (χ3n) is 4.12. The molecule has 1 fully saturated rings. The van der Waals surface area contributed by atoms with Gasteiger partial charge in [0.15, 0.2) is 0 Å². The van der Waals surface area contributed by atoms with Crippen molar-refractivity contribution in [3.8, 4) is 0 Å². The van der Waals surface area contributed by atoms with Crippen LogP contribution in [-0.2, 0) is 13.0 Å². The van der Waals surface area contributed by atoms with Gasteiger partial charge in [-0.3, -0.25) is 0 Å². The number of piperidine rings is 1. The molecule has 1 N–H and O–H groups in total. The van der Waals surface area contributed by atoms with E-state index in [4.69, 9.17) is 0 Å². The minimum atomic E-state index is 0.429. The molecule has 2 aliphatic heterocycles. The first-order valence-electron chi connectivity index (χ1n) is 7.00. The molecule has 0 amide bonds. The molecule has 2 atom stereocenters. The van der Waals surface area contributed by atoms with Crippen LogP contribution in [0, 0.1) is 5.92 Å². The summed E-state index contributed by atoms with van der Waals surface area (Å²) in [4.78, 5) is 0. The van der Waals surface area contributed by atoms with Crippen LogP contribution in [0.3, 0.4) is 0 Å². The van der Waals surface area contributed by atoms with Gasteiger partial charge in [-0.25, -0.2) is 0 Å². The highest BCUT2D eigenvalue weighted by Gasteiger charge is 2.26. The maximum atomic E-state index is 4.45. The Hall–Kier alpha value is -0.900. The van der Waals surface area contributed by atoms with Crippen LogP contribution < -0.4 is 5.32 Å². The van der Waals surface area contributed by atoms with Gasteiger partial charge in [0.25, 0.3) is 0 Å². The Morgan fingerprint density at radius 1 is 1.24 bits per heavy atom. The lowest BCUT2D eigenvalue weighted by molar-refractivity contribution is 0.308. The van der Waals surface area contributed by atoms with Gasteiger partial charge in [0, 0.05) is 13.0 Å². The number of hydrogen-bond donors (Lipinski definition) is 1. The molecule has 0 aliphatic carbocycles. The van der Waals surface area contributed by atoms with Gasteiger partial charge in [-0.15, -0.1) is 10.2 Å². The number of nitrogens with one attached hydrogen (secondary N) is 1. The van der Waals surface area contributed by atoms with Gasteiger partial charge in [0.1, 0.15) is 11.6 Å². The van der Waals surface area contributed by atoms with E-state index in [1.54, 1.807) is 0 Å². The second-order valence-corrected chi connectivity index (χ2v) is 5.57. The first-order chi connectivity index (χ1) is 8.34. The molecule has 4 heteroatoms. The van der Waals surface area contributed by atoms with Crippen molar-refractivity contribution in [2.75, 3.05) is 6.54 Å². The third kappa shape index (κ3) is 2.23. The second-order valence-electron chi connectivity index (χ2n) is 5.57. The SMILES string of the molecule is CC1CCNC(c2nnc3n2CCCCC3)C1. The molecule has 4 nitrogen and oxygen atoms in total. The molecule has 1 saturated heterocycles. The predicted octanol–water partition coefficient (Wildman–Crippen LogP) is 2.07. The summed E-state index contributed by atoms with van der Waals surface area (Å²) in [5, 5.41) is 12.4. The third-order valence-corrected chi connectivity index (χ3v) is 4.12. The number of fused-ring (bicyclic) bond motifs is 1. The molecule has 0 bridgehead atoms. The van der Waals surface area contributed by atoms with Crippen LogP contribution >= 0.6 is 0 Å². The number of aromatic nitrogens is 3. The topological polar surface area (TPSA) is 42.7 Å². The van der Waals surface area contributed by atoms with Crippen molar-refractivity contribution < 1.29 is 0 Å². The molecule has 3 rings (SSSR count). The van der Waals surface area contributed by atoms with Crippen molar-refractivity contribution in [1.82, 2.24) is 20.1 Å². The molecule has 0 radical (unpaired) electrons. The van der Waals surface area contributed by atoms with Crippen molar-refractivity contribution >= 4 is 0 Å². The van der Waals surface area contributed by atoms with Gasteiger partial charge in [0.05, 0.1) is 6.04 Å². The first kappa shape index (κ1) is 11.2. The van der Waals surface area contributed by atoms with Gasteiger partial charge in [-0.05, 0) is 38.1 Å². The largest absolute Gasteiger partial charge is 0.314 e. The van der Waals surface area contributed by atoms with Crippen LogP contribution in [0.4, 0.5) is 0 Å². The minimum Gasteiger partial charge on any atom is -0.314 e. The van der Waals surface area contributed by atoms with Gasteiger partial charge < -0.3 is 9.88 Å². The Morgan fingerprint density at radius 2 is 2.18 bits per heavy atom. The summed E-state index contributed by atoms with van der Waals surface area (Å²) >= 11 is 0. The quantitative estimate of drug-likeness (QED) is 0.809. The second kappa shape index (κ2) is 4.77. The summed E-state index contributed by atoms with van der Waals surface area (Å²) in [5.74, 6) is 3.20. The fraction of sp³-hybridized carbons (Fsp3) is 0.846. The molecule has 1 aromatic heterocycles. The van der Waals surface area contributed by atoms with Crippen LogP contribution in [0.2, 0.25) is 0 Å². The average Bonchev–Trinajstić information content (AvgIpc) is 2.59. The number of nitrogens with zero attached hydrogens (tertiary/aromatic N) is 3. The molecule has 3 heterocycles. The summed E-state index contributed by atoms with van der Waals surface area (Å²) in [5.41, 5.74) is 0. The van der Waals surface area contributed by atoms with Crippen LogP contribution in [0.1, 0.15) is 56.7 Å². The van der Waals surface area contributed by atoms with E-state index in [0.29, 0.717) is 6.04 Å². The molecular formula is C13H22N4. The normalized spacial score (nSPS) is 29.7. The molecule has 0 aromatic carbocycles. The van der Waals surface area contributed by atoms with Gasteiger partial charge >= 0.3 is 0 Å². The van der Waals surface area contributed by atoms with E-state index in [2.05, 4.69) is 27.0 Å². The Bertz CT molecular complexity index is 385. The van der Waals surface area contributed by atoms with E-state index in [-0.39, 0.29) is 0 Å². The molecule has 0 saturated carbocycles. The van der Waals surface area contributed by atoms with Gasteiger partial charge in [-0.2, -0.15) is 0 Å². The molecule has 94 valence electrons. The summed E-state index contributed by atoms with van der Waals surface area (Å²) in [6, 6.07) is 0.429. The highest BCUT2D eigenvalue weighted by molar-refractivity contribution is 5.04. The number of hydrogen-bond acceptors (Lipinski definition) is 3. The maximum absolute atomic E-state index is 4.45. The highest BCUT2D eigenvalue weighted by Crippen LogP contribution is 2.27. The summed E-state index contributed by atoms with van der Waals surface area (Å²) in [7, 11) is 0. The predicted molar refractivity (Wildman–Crippen MR) is 66.7 cm³/mol. The first-order valence-corrected chi connectivity index (χ1v) is 7.00. The summed E-state index contributed by atoms with van der Waals surface area (Å²) in [6.07, 6.45) is 7.48. The van der Waals surface area contributed by atoms with Crippen LogP contribution in [-0.4, -0.2) is 21.3 Å². The van der Waals surface area contributed by atoms with E-state index in [0.717, 1.165) is 25.4 Å². The number of aryl methyl sites for hydroxylation is 1. The standard InChI is InChI=1S/C13H22N4/c1-10-6-7-14-11(9-10)13-16-15-12-5-3-2-4-8-17(12)13/h10-11,14H,2-9H2,1H3. The zero-order valence-corrected chi connectivity index (χ0v) is 10.7. The van der Waals surface area contributed by atoms with Crippen molar-refractivity contribution in [3.05, 3.63) is 11.6 Å². The summed E-state index contributed by atoms with van der Waals surface area (Å²) < 4.78 is 2.38. The Morgan fingerprint density at radius 3 is 3.06 bits per heavy atom. The Balaban J connectivity index is 1.84. The molecule has 1 aromatic rings. The fourth-order valence-electron chi connectivity index (χ4n) is 3.07. The molecular weight excluding hydrogens is 212 g/mol. The van der Waals surface area contributed by atoms with Crippen molar-refractivity contribution in [3.63, 3.8) is 0 Å². The lowest BCUT2D eigenvalue weighted by atomic mass is 9.94. The lowest BCUT2D eigenvalue weighted by Gasteiger charge is -2.27. The summed E-state index contributed by atoms with van der Waals surface area (Å²) in [6.45, 7) is 4.58. The molecule has 0 spiro atoms. The fourth-order valence-corrected chi connectivity index (χ4v) is 3.07. The zero-order valence-electron chi connectivity index (χ0n) is 10.7. The van der Waals surface area contributed by atoms with Crippen molar-refractivity contribution in [2.24, 2.45) is 5.92 Å². The smallest absolute Gasteiger partial charge is 0.150 e. The lowest BCUT2D eigenvalue weighted by Crippen LogP contribution is -2.32. The van der Waals surface area contributed by atoms with Crippen molar-refractivity contribution in [2.45, 2.75) is 58.0 Å². The van der Waals surface area contributed by atoms with Crippen molar-refractivity contribution in [1.29, 1.82) is 0 Å². The van der Waals surface area contributed by atoms with E-state index in [1.165, 1.54) is 43.8 Å². The van der Waals surface area contributed by atoms with Crippen LogP contribution in [0.15, 0.2) is 0 Å². The van der Waals surface area contributed by atoms with Crippen LogP contribution in [0.25, 0.3) is 0 Å². The number of rotatable bonds is 1. The van der Waals surface area contributed by atoms with Gasteiger partial charge in [-0.1, -0.05) is 13.3 Å².